The van der Waals surface area contributed by atoms with Gasteiger partial charge in [-0.15, -0.1) is 0 Å². The maximum atomic E-state index is 16.5. The standard InChI is InChI=1S/C43H64F8OSi2/c1-8-13-14-17-20-30(12-5)21-27-54(29(6)7,26-19-16-15-18-25-53(22-9-2,23-10-3)24-11-4)52-43-41(50)36-35(40(49)42(43)51)38(47)33-31(44)28-32(45)37(46)34(33)39(36)48/h28-30H,8-27H2,1-7H3. The molecule has 3 aromatic rings. The van der Waals surface area contributed by atoms with Crippen LogP contribution in [0.4, 0.5) is 35.1 Å². The Morgan fingerprint density at radius 3 is 1.57 bits per heavy atom. The lowest BCUT2D eigenvalue weighted by atomic mass is 9.96. The van der Waals surface area contributed by atoms with Crippen LogP contribution in [0.1, 0.15) is 138 Å². The highest BCUT2D eigenvalue weighted by Crippen LogP contribution is 2.45. The van der Waals surface area contributed by atoms with E-state index in [0.29, 0.717) is 18.0 Å². The third-order valence-corrected chi connectivity index (χ3v) is 23.3. The van der Waals surface area contributed by atoms with E-state index in [-0.39, 0.29) is 11.6 Å². The molecule has 0 aliphatic rings. The van der Waals surface area contributed by atoms with Crippen LogP contribution >= 0.6 is 0 Å². The summed E-state index contributed by atoms with van der Waals surface area (Å²) in [5.41, 5.74) is -0.190. The molecule has 0 N–H and O–H groups in total. The van der Waals surface area contributed by atoms with Gasteiger partial charge >= 0.3 is 0 Å². The van der Waals surface area contributed by atoms with Gasteiger partial charge in [-0.2, -0.15) is 4.39 Å². The first-order valence-electron chi connectivity index (χ1n) is 20.8. The molecule has 54 heavy (non-hydrogen) atoms. The average molecular weight is 805 g/mol. The molecular formula is C43H64F8OSi2. The number of fused-ring (bicyclic) bond motifs is 2. The van der Waals surface area contributed by atoms with Crippen molar-refractivity contribution < 1.29 is 39.5 Å². The van der Waals surface area contributed by atoms with Crippen LogP contribution in [0.15, 0.2) is 6.07 Å². The van der Waals surface area contributed by atoms with Gasteiger partial charge in [-0.05, 0) is 30.0 Å². The Bertz CT molecular complexity index is 1650. The molecule has 0 fully saturated rings. The van der Waals surface area contributed by atoms with E-state index in [9.17, 15) is 13.2 Å². The Morgan fingerprint density at radius 1 is 0.481 bits per heavy atom. The maximum absolute atomic E-state index is 16.5. The van der Waals surface area contributed by atoms with Gasteiger partial charge in [0, 0.05) is 6.07 Å². The minimum absolute atomic E-state index is 0.0238. The van der Waals surface area contributed by atoms with Gasteiger partial charge in [0.05, 0.1) is 29.6 Å². The van der Waals surface area contributed by atoms with E-state index >= 15 is 22.0 Å². The predicted octanol–water partition coefficient (Wildman–Crippen LogP) is 16.5. The van der Waals surface area contributed by atoms with E-state index in [1.54, 1.807) is 0 Å². The van der Waals surface area contributed by atoms with Crippen LogP contribution in [0, 0.1) is 52.5 Å². The molecule has 0 radical (unpaired) electrons. The van der Waals surface area contributed by atoms with Crippen molar-refractivity contribution in [1.82, 2.24) is 0 Å². The van der Waals surface area contributed by atoms with Gasteiger partial charge in [-0.3, -0.25) is 0 Å². The number of rotatable bonds is 25. The van der Waals surface area contributed by atoms with Crippen molar-refractivity contribution in [3.63, 3.8) is 0 Å². The Hall–Kier alpha value is -2.15. The Kier molecular flexibility index (Phi) is 18.3. The van der Waals surface area contributed by atoms with Gasteiger partial charge in [0.25, 0.3) is 8.32 Å². The number of benzene rings is 3. The molecule has 306 valence electrons. The summed E-state index contributed by atoms with van der Waals surface area (Å²) in [6, 6.07) is 6.35. The normalized spacial score (nSPS) is 14.1. The molecule has 3 rings (SSSR count). The van der Waals surface area contributed by atoms with Crippen LogP contribution in [-0.4, -0.2) is 16.4 Å². The molecule has 0 aliphatic heterocycles. The van der Waals surface area contributed by atoms with E-state index in [1.807, 2.05) is 13.8 Å². The maximum Gasteiger partial charge on any atom is 0.254 e. The lowest BCUT2D eigenvalue weighted by Gasteiger charge is -2.37. The van der Waals surface area contributed by atoms with Crippen molar-refractivity contribution in [3.05, 3.63) is 52.6 Å². The molecule has 2 atom stereocenters. The minimum atomic E-state index is -3.22. The number of hydrogen-bond donors (Lipinski definition) is 0. The van der Waals surface area contributed by atoms with Crippen molar-refractivity contribution in [3.8, 4) is 5.75 Å². The summed E-state index contributed by atoms with van der Waals surface area (Å²) in [6.45, 7) is 14.9. The first-order valence-corrected chi connectivity index (χ1v) is 26.1. The fraction of sp³-hybridized carbons (Fsp3) is 0.674. The van der Waals surface area contributed by atoms with E-state index < -0.39 is 90.2 Å². The van der Waals surface area contributed by atoms with Gasteiger partial charge in [0.15, 0.2) is 29.0 Å². The van der Waals surface area contributed by atoms with Crippen molar-refractivity contribution in [2.45, 2.75) is 180 Å². The van der Waals surface area contributed by atoms with Crippen LogP contribution in [0.2, 0.25) is 41.8 Å². The molecule has 0 amide bonds. The van der Waals surface area contributed by atoms with Gasteiger partial charge in [-0.1, -0.05) is 156 Å². The summed E-state index contributed by atoms with van der Waals surface area (Å²) in [5, 5.41) is -5.90. The highest BCUT2D eigenvalue weighted by molar-refractivity contribution is 6.79. The molecule has 0 aromatic heterocycles. The highest BCUT2D eigenvalue weighted by Gasteiger charge is 2.43. The SMILES string of the molecule is CCCCCCC(CC)CC[Si](CCCCCC[Si](CCC)(CCC)CCC)(Oc1c(F)c(F)c2c(F)c3c(F)cc(F)c(F)c3c(F)c2c1F)C(C)C. The number of hydrogen-bond acceptors (Lipinski definition) is 1. The van der Waals surface area contributed by atoms with Crippen molar-refractivity contribution in [2.24, 2.45) is 5.92 Å². The van der Waals surface area contributed by atoms with Gasteiger partial charge in [-0.25, -0.2) is 30.7 Å². The zero-order valence-electron chi connectivity index (χ0n) is 33.8. The van der Waals surface area contributed by atoms with E-state index in [4.69, 9.17) is 4.43 Å². The molecular weight excluding hydrogens is 741 g/mol. The molecule has 0 bridgehead atoms. The smallest absolute Gasteiger partial charge is 0.254 e. The van der Waals surface area contributed by atoms with E-state index in [1.165, 1.54) is 43.4 Å². The molecule has 0 aliphatic carbocycles. The van der Waals surface area contributed by atoms with E-state index in [0.717, 1.165) is 70.6 Å². The third kappa shape index (κ3) is 10.6. The largest absolute Gasteiger partial charge is 0.539 e. The Morgan fingerprint density at radius 2 is 1.02 bits per heavy atom. The van der Waals surface area contributed by atoms with Crippen LogP contribution in [0.5, 0.6) is 5.75 Å². The molecule has 0 saturated carbocycles. The topological polar surface area (TPSA) is 9.23 Å². The van der Waals surface area contributed by atoms with Gasteiger partial charge < -0.3 is 4.43 Å². The predicted molar refractivity (Wildman–Crippen MR) is 214 cm³/mol. The van der Waals surface area contributed by atoms with Crippen molar-refractivity contribution in [1.29, 1.82) is 0 Å². The summed E-state index contributed by atoms with van der Waals surface area (Å²) in [6.07, 6.45) is 14.5. The summed E-state index contributed by atoms with van der Waals surface area (Å²) >= 11 is 0. The lowest BCUT2D eigenvalue weighted by molar-refractivity contribution is 0.390. The second-order valence-corrected chi connectivity index (χ2v) is 25.7. The summed E-state index contributed by atoms with van der Waals surface area (Å²) < 4.78 is 130. The zero-order valence-corrected chi connectivity index (χ0v) is 35.8. The van der Waals surface area contributed by atoms with Crippen LogP contribution in [-0.2, 0) is 0 Å². The fourth-order valence-electron chi connectivity index (χ4n) is 9.01. The Balaban J connectivity index is 2.04. The molecule has 11 heteroatoms. The van der Waals surface area contributed by atoms with E-state index in [2.05, 4.69) is 34.6 Å². The van der Waals surface area contributed by atoms with Crippen molar-refractivity contribution >= 4 is 37.9 Å². The lowest BCUT2D eigenvalue weighted by Crippen LogP contribution is -2.45. The molecule has 0 heterocycles. The fourth-order valence-corrected chi connectivity index (χ4v) is 18.9. The van der Waals surface area contributed by atoms with Crippen LogP contribution in [0.3, 0.4) is 0 Å². The minimum Gasteiger partial charge on any atom is -0.539 e. The Labute approximate surface area is 321 Å². The van der Waals surface area contributed by atoms with Crippen molar-refractivity contribution in [2.75, 3.05) is 0 Å². The first-order chi connectivity index (χ1) is 25.7. The third-order valence-electron chi connectivity index (χ3n) is 12.1. The second-order valence-electron chi connectivity index (χ2n) is 16.2. The zero-order chi connectivity index (χ0) is 40.2. The summed E-state index contributed by atoms with van der Waals surface area (Å²) in [4.78, 5) is 0. The second kappa shape index (κ2) is 21.4. The van der Waals surface area contributed by atoms with Gasteiger partial charge in [0.2, 0.25) is 5.82 Å². The molecule has 3 aromatic carbocycles. The molecule has 0 spiro atoms. The summed E-state index contributed by atoms with van der Waals surface area (Å²) in [5.74, 6) is -15.8. The highest BCUT2D eigenvalue weighted by atomic mass is 28.4. The number of unbranched alkanes of at least 4 members (excludes halogenated alkanes) is 6. The monoisotopic (exact) mass is 804 g/mol. The van der Waals surface area contributed by atoms with Crippen LogP contribution < -0.4 is 4.43 Å². The molecule has 0 saturated heterocycles. The van der Waals surface area contributed by atoms with Crippen LogP contribution in [0.25, 0.3) is 21.5 Å². The average Bonchev–Trinajstić information content (AvgIpc) is 3.13. The van der Waals surface area contributed by atoms with Gasteiger partial charge in [0.1, 0.15) is 17.5 Å². The summed E-state index contributed by atoms with van der Waals surface area (Å²) in [7, 11) is -4.56. The number of halogens is 8. The quantitative estimate of drug-likeness (QED) is 0.0273. The first kappa shape index (κ1) is 46.2. The molecule has 2 unspecified atom stereocenters. The molecule has 1 nitrogen and oxygen atoms in total.